The highest BCUT2D eigenvalue weighted by Gasteiger charge is 2.20. The smallest absolute Gasteiger partial charge is 0.224 e. The van der Waals surface area contributed by atoms with Crippen molar-refractivity contribution >= 4 is 5.91 Å². The van der Waals surface area contributed by atoms with Gasteiger partial charge in [-0.15, -0.1) is 0 Å². The Balaban J connectivity index is 1.85. The van der Waals surface area contributed by atoms with Crippen LogP contribution >= 0.6 is 0 Å². The van der Waals surface area contributed by atoms with Crippen molar-refractivity contribution in [2.75, 3.05) is 0 Å². The molecule has 1 N–H and O–H groups in total. The van der Waals surface area contributed by atoms with Gasteiger partial charge in [0.15, 0.2) is 0 Å². The maximum Gasteiger partial charge on any atom is 0.224 e. The maximum atomic E-state index is 13.0. The average molecular weight is 249 g/mol. The van der Waals surface area contributed by atoms with Gasteiger partial charge in [0, 0.05) is 6.04 Å². The fraction of sp³-hybridized carbons (Fsp3) is 0.533. The van der Waals surface area contributed by atoms with Gasteiger partial charge in [0.05, 0.1) is 6.42 Å². The number of halogens is 1. The molecule has 2 nitrogen and oxygen atoms in total. The summed E-state index contributed by atoms with van der Waals surface area (Å²) in [6.45, 7) is 2.23. The monoisotopic (exact) mass is 249 g/mol. The van der Waals surface area contributed by atoms with Crippen LogP contribution in [0.3, 0.4) is 0 Å². The molecule has 0 radical (unpaired) electrons. The number of nitrogens with one attached hydrogen (secondary N) is 1. The second-order valence-electron chi connectivity index (χ2n) is 5.34. The second-order valence-corrected chi connectivity index (χ2v) is 5.34. The van der Waals surface area contributed by atoms with Gasteiger partial charge in [-0.3, -0.25) is 4.79 Å². The zero-order valence-corrected chi connectivity index (χ0v) is 10.8. The lowest BCUT2D eigenvalue weighted by Crippen LogP contribution is -2.38. The van der Waals surface area contributed by atoms with Crippen LogP contribution in [0, 0.1) is 11.7 Å². The van der Waals surface area contributed by atoms with E-state index in [0.29, 0.717) is 12.0 Å². The molecule has 0 saturated heterocycles. The van der Waals surface area contributed by atoms with E-state index < -0.39 is 0 Å². The van der Waals surface area contributed by atoms with Crippen LogP contribution in [0.5, 0.6) is 0 Å². The normalized spacial score (nSPS) is 23.7. The van der Waals surface area contributed by atoms with E-state index in [9.17, 15) is 9.18 Å². The molecule has 0 bridgehead atoms. The summed E-state index contributed by atoms with van der Waals surface area (Å²) in [5.41, 5.74) is 0.733. The first-order valence-corrected chi connectivity index (χ1v) is 6.67. The van der Waals surface area contributed by atoms with Crippen LogP contribution in [0.2, 0.25) is 0 Å². The van der Waals surface area contributed by atoms with Gasteiger partial charge in [0.2, 0.25) is 5.91 Å². The Bertz CT molecular complexity index is 419. The molecule has 98 valence electrons. The summed E-state index contributed by atoms with van der Waals surface area (Å²) in [5, 5.41) is 3.06. The average Bonchev–Trinajstić information content (AvgIpc) is 2.28. The minimum atomic E-state index is -0.286. The van der Waals surface area contributed by atoms with Gasteiger partial charge in [0.25, 0.3) is 0 Å². The van der Waals surface area contributed by atoms with E-state index in [1.54, 1.807) is 12.1 Å². The third-order valence-electron chi connectivity index (χ3n) is 3.56. The van der Waals surface area contributed by atoms with Crippen molar-refractivity contribution in [3.05, 3.63) is 35.6 Å². The fourth-order valence-electron chi connectivity index (χ4n) is 2.68. The molecule has 2 atom stereocenters. The summed E-state index contributed by atoms with van der Waals surface area (Å²) in [6.07, 6.45) is 4.85. The largest absolute Gasteiger partial charge is 0.353 e. The highest BCUT2D eigenvalue weighted by molar-refractivity contribution is 5.78. The minimum absolute atomic E-state index is 0.000278. The first-order valence-electron chi connectivity index (χ1n) is 6.67. The molecule has 0 aromatic heterocycles. The highest BCUT2D eigenvalue weighted by Crippen LogP contribution is 2.23. The maximum absolute atomic E-state index is 13.0. The first-order chi connectivity index (χ1) is 8.63. The first kappa shape index (κ1) is 13.1. The van der Waals surface area contributed by atoms with Gasteiger partial charge >= 0.3 is 0 Å². The van der Waals surface area contributed by atoms with Gasteiger partial charge in [-0.2, -0.15) is 0 Å². The zero-order chi connectivity index (χ0) is 13.0. The number of rotatable bonds is 3. The Morgan fingerprint density at radius 2 is 2.28 bits per heavy atom. The van der Waals surface area contributed by atoms with Gasteiger partial charge in [-0.25, -0.2) is 4.39 Å². The molecule has 0 spiro atoms. The van der Waals surface area contributed by atoms with E-state index in [0.717, 1.165) is 18.4 Å². The molecule has 2 rings (SSSR count). The number of hydrogen-bond donors (Lipinski definition) is 1. The summed E-state index contributed by atoms with van der Waals surface area (Å²) in [6, 6.07) is 6.54. The molecule has 1 fully saturated rings. The van der Waals surface area contributed by atoms with Crippen LogP contribution in [0.25, 0.3) is 0 Å². The number of benzene rings is 1. The fourth-order valence-corrected chi connectivity index (χ4v) is 2.68. The Morgan fingerprint density at radius 1 is 1.44 bits per heavy atom. The Hall–Kier alpha value is -1.38. The quantitative estimate of drug-likeness (QED) is 0.876. The van der Waals surface area contributed by atoms with Gasteiger partial charge < -0.3 is 5.32 Å². The van der Waals surface area contributed by atoms with Crippen LogP contribution < -0.4 is 5.32 Å². The Labute approximate surface area is 108 Å². The Kier molecular flexibility index (Phi) is 4.34. The van der Waals surface area contributed by atoms with Crippen molar-refractivity contribution in [1.82, 2.24) is 5.32 Å². The summed E-state index contributed by atoms with van der Waals surface area (Å²) in [5.74, 6) is 0.407. The van der Waals surface area contributed by atoms with E-state index in [4.69, 9.17) is 0 Å². The van der Waals surface area contributed by atoms with Crippen LogP contribution in [-0.2, 0) is 11.2 Å². The lowest BCUT2D eigenvalue weighted by molar-refractivity contribution is -0.121. The lowest BCUT2D eigenvalue weighted by Gasteiger charge is -2.27. The standard InChI is InChI=1S/C15H20FNO/c1-11-4-2-7-14(8-11)17-15(18)10-12-5-3-6-13(16)9-12/h3,5-6,9,11,14H,2,4,7-8,10H2,1H3,(H,17,18). The minimum Gasteiger partial charge on any atom is -0.353 e. The van der Waals surface area contributed by atoms with Crippen LogP contribution in [-0.4, -0.2) is 11.9 Å². The predicted octanol–water partition coefficient (Wildman–Crippen LogP) is 3.06. The van der Waals surface area contributed by atoms with Crippen molar-refractivity contribution in [1.29, 1.82) is 0 Å². The molecule has 2 unspecified atom stereocenters. The lowest BCUT2D eigenvalue weighted by atomic mass is 9.87. The van der Waals surface area contributed by atoms with Crippen molar-refractivity contribution < 1.29 is 9.18 Å². The van der Waals surface area contributed by atoms with Crippen LogP contribution in [0.1, 0.15) is 38.2 Å². The molecular formula is C15H20FNO. The third kappa shape index (κ3) is 3.83. The molecule has 0 aliphatic heterocycles. The molecule has 1 aliphatic carbocycles. The van der Waals surface area contributed by atoms with E-state index in [-0.39, 0.29) is 18.1 Å². The van der Waals surface area contributed by atoms with Crippen molar-refractivity contribution in [3.63, 3.8) is 0 Å². The molecule has 0 heterocycles. The molecule has 3 heteroatoms. The van der Waals surface area contributed by atoms with E-state index in [1.165, 1.54) is 25.0 Å². The van der Waals surface area contributed by atoms with Gasteiger partial charge in [-0.05, 0) is 36.5 Å². The van der Waals surface area contributed by atoms with E-state index in [1.807, 2.05) is 0 Å². The summed E-state index contributed by atoms with van der Waals surface area (Å²) in [7, 11) is 0. The van der Waals surface area contributed by atoms with Crippen molar-refractivity contribution in [2.24, 2.45) is 5.92 Å². The van der Waals surface area contributed by atoms with Crippen LogP contribution in [0.4, 0.5) is 4.39 Å². The van der Waals surface area contributed by atoms with Crippen molar-refractivity contribution in [3.8, 4) is 0 Å². The zero-order valence-electron chi connectivity index (χ0n) is 10.8. The molecular weight excluding hydrogens is 229 g/mol. The molecule has 1 amide bonds. The third-order valence-corrected chi connectivity index (χ3v) is 3.56. The van der Waals surface area contributed by atoms with Gasteiger partial charge in [-0.1, -0.05) is 31.9 Å². The van der Waals surface area contributed by atoms with E-state index >= 15 is 0 Å². The Morgan fingerprint density at radius 3 is 3.00 bits per heavy atom. The van der Waals surface area contributed by atoms with E-state index in [2.05, 4.69) is 12.2 Å². The van der Waals surface area contributed by atoms with Gasteiger partial charge in [0.1, 0.15) is 5.82 Å². The molecule has 18 heavy (non-hydrogen) atoms. The summed E-state index contributed by atoms with van der Waals surface area (Å²) >= 11 is 0. The number of carbonyl (C=O) groups excluding carboxylic acids is 1. The van der Waals surface area contributed by atoms with Crippen LogP contribution in [0.15, 0.2) is 24.3 Å². The predicted molar refractivity (Wildman–Crippen MR) is 69.7 cm³/mol. The molecule has 1 aromatic rings. The topological polar surface area (TPSA) is 29.1 Å². The number of amides is 1. The number of carbonyl (C=O) groups is 1. The van der Waals surface area contributed by atoms with Crippen molar-refractivity contribution in [2.45, 2.75) is 45.1 Å². The number of hydrogen-bond acceptors (Lipinski definition) is 1. The highest BCUT2D eigenvalue weighted by atomic mass is 19.1. The summed E-state index contributed by atoms with van der Waals surface area (Å²) < 4.78 is 13.0. The second kappa shape index (κ2) is 5.98. The molecule has 1 aliphatic rings. The molecule has 1 aromatic carbocycles. The molecule has 1 saturated carbocycles. The summed E-state index contributed by atoms with van der Waals surface area (Å²) in [4.78, 5) is 11.9. The SMILES string of the molecule is CC1CCCC(NC(=O)Cc2cccc(F)c2)C1.